The summed E-state index contributed by atoms with van der Waals surface area (Å²) in [4.78, 5) is 13.7. The highest BCUT2D eigenvalue weighted by molar-refractivity contribution is 5.94. The number of amides is 1. The number of ether oxygens (including phenoxy) is 1. The molecule has 0 unspecified atom stereocenters. The number of hydrogen-bond donors (Lipinski definition) is 1. The summed E-state index contributed by atoms with van der Waals surface area (Å²) in [5.74, 6) is 0.0540. The maximum absolute atomic E-state index is 11.9. The number of rotatable bonds is 1. The standard InChI is InChI=1S/C11H14N2O2.C2H6/c12-10-3-1-9(2-4-10)11(14)13-5-7-15-8-6-13;1-2/h1-4H,5-8,12H2;1-2H3. The van der Waals surface area contributed by atoms with Gasteiger partial charge in [-0.25, -0.2) is 0 Å². The van der Waals surface area contributed by atoms with Gasteiger partial charge < -0.3 is 15.4 Å². The van der Waals surface area contributed by atoms with E-state index in [1.54, 1.807) is 29.2 Å². The fourth-order valence-electron chi connectivity index (χ4n) is 1.57. The second-order valence-corrected chi connectivity index (χ2v) is 3.53. The Morgan fingerprint density at radius 1 is 1.18 bits per heavy atom. The maximum atomic E-state index is 11.9. The van der Waals surface area contributed by atoms with Crippen molar-refractivity contribution in [1.29, 1.82) is 0 Å². The van der Waals surface area contributed by atoms with Crippen LogP contribution < -0.4 is 5.73 Å². The Morgan fingerprint density at radius 2 is 1.71 bits per heavy atom. The zero-order chi connectivity index (χ0) is 12.7. The molecule has 0 aliphatic carbocycles. The molecule has 0 radical (unpaired) electrons. The van der Waals surface area contributed by atoms with Crippen molar-refractivity contribution in [2.75, 3.05) is 32.0 Å². The van der Waals surface area contributed by atoms with Gasteiger partial charge in [0.25, 0.3) is 5.91 Å². The molecule has 1 fully saturated rings. The first-order valence-electron chi connectivity index (χ1n) is 6.00. The molecule has 1 aromatic carbocycles. The van der Waals surface area contributed by atoms with E-state index in [-0.39, 0.29) is 5.91 Å². The lowest BCUT2D eigenvalue weighted by Crippen LogP contribution is -2.40. The molecule has 17 heavy (non-hydrogen) atoms. The molecule has 1 amide bonds. The van der Waals surface area contributed by atoms with E-state index in [9.17, 15) is 4.79 Å². The first-order chi connectivity index (χ1) is 8.27. The molecule has 0 bridgehead atoms. The number of nitrogen functional groups attached to an aromatic ring is 1. The molecule has 1 aliphatic rings. The lowest BCUT2D eigenvalue weighted by Gasteiger charge is -2.26. The molecule has 0 saturated carbocycles. The monoisotopic (exact) mass is 236 g/mol. The lowest BCUT2D eigenvalue weighted by molar-refractivity contribution is 0.0303. The summed E-state index contributed by atoms with van der Waals surface area (Å²) >= 11 is 0. The summed E-state index contributed by atoms with van der Waals surface area (Å²) in [6.45, 7) is 6.59. The number of anilines is 1. The van der Waals surface area contributed by atoms with Crippen molar-refractivity contribution >= 4 is 11.6 Å². The van der Waals surface area contributed by atoms with Crippen LogP contribution in [0, 0.1) is 0 Å². The summed E-state index contributed by atoms with van der Waals surface area (Å²) in [6.07, 6.45) is 0. The largest absolute Gasteiger partial charge is 0.399 e. The Bertz CT molecular complexity index is 343. The predicted molar refractivity (Wildman–Crippen MR) is 68.9 cm³/mol. The minimum Gasteiger partial charge on any atom is -0.399 e. The fraction of sp³-hybridized carbons (Fsp3) is 0.462. The molecule has 4 heteroatoms. The first kappa shape index (κ1) is 13.5. The maximum Gasteiger partial charge on any atom is 0.254 e. The quantitative estimate of drug-likeness (QED) is 0.756. The van der Waals surface area contributed by atoms with Crippen molar-refractivity contribution in [3.8, 4) is 0 Å². The van der Waals surface area contributed by atoms with Crippen molar-refractivity contribution < 1.29 is 9.53 Å². The summed E-state index contributed by atoms with van der Waals surface area (Å²) in [5, 5.41) is 0. The van der Waals surface area contributed by atoms with Crippen molar-refractivity contribution in [3.05, 3.63) is 29.8 Å². The van der Waals surface area contributed by atoms with Gasteiger partial charge in [0.05, 0.1) is 13.2 Å². The van der Waals surface area contributed by atoms with Crippen LogP contribution in [0.4, 0.5) is 5.69 Å². The number of nitrogens with zero attached hydrogens (tertiary/aromatic N) is 1. The third-order valence-electron chi connectivity index (χ3n) is 2.46. The Labute approximate surface area is 102 Å². The van der Waals surface area contributed by atoms with E-state index < -0.39 is 0 Å². The van der Waals surface area contributed by atoms with Crippen LogP contribution in [0.3, 0.4) is 0 Å². The Balaban J connectivity index is 0.000000686. The second kappa shape index (κ2) is 6.91. The molecule has 1 saturated heterocycles. The Kier molecular flexibility index (Phi) is 5.49. The van der Waals surface area contributed by atoms with Gasteiger partial charge in [-0.1, -0.05) is 13.8 Å². The molecule has 2 N–H and O–H groups in total. The fourth-order valence-corrected chi connectivity index (χ4v) is 1.57. The third kappa shape index (κ3) is 3.75. The zero-order valence-corrected chi connectivity index (χ0v) is 10.5. The van der Waals surface area contributed by atoms with Crippen LogP contribution in [-0.2, 0) is 4.74 Å². The van der Waals surface area contributed by atoms with E-state index in [1.807, 2.05) is 13.8 Å². The van der Waals surface area contributed by atoms with Crippen molar-refractivity contribution in [2.24, 2.45) is 0 Å². The molecule has 4 nitrogen and oxygen atoms in total. The SMILES string of the molecule is CC.Nc1ccc(C(=O)N2CCOCC2)cc1. The van der Waals surface area contributed by atoms with Gasteiger partial charge >= 0.3 is 0 Å². The Hall–Kier alpha value is -1.55. The summed E-state index contributed by atoms with van der Waals surface area (Å²) in [6, 6.07) is 7.00. The van der Waals surface area contributed by atoms with Crippen LogP contribution in [0.1, 0.15) is 24.2 Å². The van der Waals surface area contributed by atoms with Crippen molar-refractivity contribution in [1.82, 2.24) is 4.90 Å². The average Bonchev–Trinajstić information content (AvgIpc) is 2.42. The second-order valence-electron chi connectivity index (χ2n) is 3.53. The highest BCUT2D eigenvalue weighted by Crippen LogP contribution is 2.09. The molecule has 1 aliphatic heterocycles. The van der Waals surface area contributed by atoms with E-state index in [0.29, 0.717) is 37.6 Å². The molecular formula is C13H20N2O2. The van der Waals surface area contributed by atoms with E-state index >= 15 is 0 Å². The number of carbonyl (C=O) groups is 1. The summed E-state index contributed by atoms with van der Waals surface area (Å²) < 4.78 is 5.19. The smallest absolute Gasteiger partial charge is 0.254 e. The number of benzene rings is 1. The number of nitrogens with two attached hydrogens (primary N) is 1. The number of hydrogen-bond acceptors (Lipinski definition) is 3. The minimum absolute atomic E-state index is 0.0540. The van der Waals surface area contributed by atoms with Gasteiger partial charge in [0.2, 0.25) is 0 Å². The van der Waals surface area contributed by atoms with Crippen LogP contribution in [0.15, 0.2) is 24.3 Å². The molecule has 0 atom stereocenters. The number of morpholine rings is 1. The van der Waals surface area contributed by atoms with Crippen LogP contribution >= 0.6 is 0 Å². The average molecular weight is 236 g/mol. The molecule has 0 spiro atoms. The molecule has 2 rings (SSSR count). The van der Waals surface area contributed by atoms with Gasteiger partial charge in [0, 0.05) is 24.3 Å². The van der Waals surface area contributed by atoms with Crippen LogP contribution in [0.25, 0.3) is 0 Å². The molecule has 0 aromatic heterocycles. The van der Waals surface area contributed by atoms with Crippen molar-refractivity contribution in [2.45, 2.75) is 13.8 Å². The normalized spacial score (nSPS) is 14.8. The Morgan fingerprint density at radius 3 is 2.24 bits per heavy atom. The first-order valence-corrected chi connectivity index (χ1v) is 6.00. The molecule has 1 heterocycles. The van der Waals surface area contributed by atoms with Crippen LogP contribution in [-0.4, -0.2) is 37.1 Å². The van der Waals surface area contributed by atoms with Gasteiger partial charge in [-0.15, -0.1) is 0 Å². The molecule has 1 aromatic rings. The lowest BCUT2D eigenvalue weighted by atomic mass is 10.2. The summed E-state index contributed by atoms with van der Waals surface area (Å²) in [7, 11) is 0. The van der Waals surface area contributed by atoms with E-state index in [4.69, 9.17) is 10.5 Å². The van der Waals surface area contributed by atoms with Crippen molar-refractivity contribution in [3.63, 3.8) is 0 Å². The number of carbonyl (C=O) groups excluding carboxylic acids is 1. The van der Waals surface area contributed by atoms with Gasteiger partial charge in [-0.05, 0) is 24.3 Å². The van der Waals surface area contributed by atoms with Crippen LogP contribution in [0.5, 0.6) is 0 Å². The van der Waals surface area contributed by atoms with Gasteiger partial charge in [0.1, 0.15) is 0 Å². The summed E-state index contributed by atoms with van der Waals surface area (Å²) in [5.41, 5.74) is 6.92. The highest BCUT2D eigenvalue weighted by atomic mass is 16.5. The van der Waals surface area contributed by atoms with Crippen LogP contribution in [0.2, 0.25) is 0 Å². The zero-order valence-electron chi connectivity index (χ0n) is 10.5. The van der Waals surface area contributed by atoms with E-state index in [0.717, 1.165) is 0 Å². The van der Waals surface area contributed by atoms with Gasteiger partial charge in [0.15, 0.2) is 0 Å². The van der Waals surface area contributed by atoms with E-state index in [2.05, 4.69) is 0 Å². The highest BCUT2D eigenvalue weighted by Gasteiger charge is 2.17. The predicted octanol–water partition coefficient (Wildman–Crippen LogP) is 1.77. The van der Waals surface area contributed by atoms with Gasteiger partial charge in [-0.2, -0.15) is 0 Å². The molecular weight excluding hydrogens is 216 g/mol. The van der Waals surface area contributed by atoms with Gasteiger partial charge in [-0.3, -0.25) is 4.79 Å². The minimum atomic E-state index is 0.0540. The topological polar surface area (TPSA) is 55.6 Å². The van der Waals surface area contributed by atoms with E-state index in [1.165, 1.54) is 0 Å². The molecule has 94 valence electrons. The third-order valence-corrected chi connectivity index (χ3v) is 2.46.